The summed E-state index contributed by atoms with van der Waals surface area (Å²) < 4.78 is 0. The van der Waals surface area contributed by atoms with Crippen molar-refractivity contribution < 1.29 is 0 Å². The Kier molecular flexibility index (Phi) is 6.84. The molecule has 134 valence electrons. The van der Waals surface area contributed by atoms with E-state index in [-0.39, 0.29) is 5.04 Å². The topological polar surface area (TPSA) is 0 Å². The van der Waals surface area contributed by atoms with Gasteiger partial charge in [-0.15, -0.1) is 0 Å². The second-order valence-electron chi connectivity index (χ2n) is 8.00. The molecule has 0 heterocycles. The lowest BCUT2D eigenvalue weighted by Crippen LogP contribution is -2.65. The van der Waals surface area contributed by atoms with Gasteiger partial charge in [0.1, 0.15) is 8.07 Å². The molecule has 0 aliphatic heterocycles. The highest BCUT2D eigenvalue weighted by molar-refractivity contribution is 7.09. The minimum atomic E-state index is -2.08. The fraction of sp³-hybridized carbons (Fsp3) is 0.417. The SMILES string of the molecule is CCC/C=C(\CCC)[Si](c1ccccc1)(c1ccccc1)C(C)(C)C. The first-order valence-electron chi connectivity index (χ1n) is 9.79. The monoisotopic (exact) mass is 350 g/mol. The summed E-state index contributed by atoms with van der Waals surface area (Å²) in [7, 11) is -2.08. The van der Waals surface area contributed by atoms with Gasteiger partial charge in [0.25, 0.3) is 0 Å². The molecule has 1 heteroatoms. The van der Waals surface area contributed by atoms with Crippen molar-refractivity contribution in [3.63, 3.8) is 0 Å². The highest BCUT2D eigenvalue weighted by Crippen LogP contribution is 2.42. The van der Waals surface area contributed by atoms with Gasteiger partial charge in [-0.25, -0.2) is 0 Å². The van der Waals surface area contributed by atoms with Crippen molar-refractivity contribution in [1.29, 1.82) is 0 Å². The van der Waals surface area contributed by atoms with Crippen LogP contribution in [0.5, 0.6) is 0 Å². The number of rotatable bonds is 7. The number of hydrogen-bond donors (Lipinski definition) is 0. The van der Waals surface area contributed by atoms with Crippen LogP contribution in [-0.2, 0) is 0 Å². The summed E-state index contributed by atoms with van der Waals surface area (Å²) in [6, 6.07) is 22.7. The van der Waals surface area contributed by atoms with Crippen LogP contribution in [-0.4, -0.2) is 8.07 Å². The minimum absolute atomic E-state index is 0.213. The van der Waals surface area contributed by atoms with E-state index in [4.69, 9.17) is 0 Å². The summed E-state index contributed by atoms with van der Waals surface area (Å²) in [4.78, 5) is 0. The van der Waals surface area contributed by atoms with Crippen molar-refractivity contribution in [3.8, 4) is 0 Å². The second-order valence-corrected chi connectivity index (χ2v) is 12.8. The zero-order valence-electron chi connectivity index (χ0n) is 16.7. The largest absolute Gasteiger partial charge is 0.149 e. The van der Waals surface area contributed by atoms with Crippen LogP contribution in [0, 0.1) is 0 Å². The molecule has 0 atom stereocenters. The van der Waals surface area contributed by atoms with Gasteiger partial charge in [-0.05, 0) is 28.3 Å². The summed E-state index contributed by atoms with van der Waals surface area (Å²) in [6.07, 6.45) is 7.39. The zero-order chi connectivity index (χ0) is 18.3. The Morgan fingerprint density at radius 3 is 1.64 bits per heavy atom. The lowest BCUT2D eigenvalue weighted by atomic mass is 10.2. The Labute approximate surface area is 156 Å². The van der Waals surface area contributed by atoms with Gasteiger partial charge in [-0.2, -0.15) is 0 Å². The highest BCUT2D eigenvalue weighted by Gasteiger charge is 2.49. The average Bonchev–Trinajstić information content (AvgIpc) is 2.61. The molecule has 0 spiro atoms. The molecule has 0 aromatic heterocycles. The molecule has 2 rings (SSSR count). The first-order valence-corrected chi connectivity index (χ1v) is 11.8. The Hall–Kier alpha value is -1.60. The van der Waals surface area contributed by atoms with E-state index in [0.717, 1.165) is 0 Å². The number of unbranched alkanes of at least 4 members (excludes halogenated alkanes) is 1. The van der Waals surface area contributed by atoms with Gasteiger partial charge in [0.2, 0.25) is 0 Å². The molecule has 0 bridgehead atoms. The van der Waals surface area contributed by atoms with Crippen molar-refractivity contribution in [2.75, 3.05) is 0 Å². The van der Waals surface area contributed by atoms with E-state index >= 15 is 0 Å². The van der Waals surface area contributed by atoms with Crippen LogP contribution < -0.4 is 10.4 Å². The molecular weight excluding hydrogens is 316 g/mol. The van der Waals surface area contributed by atoms with E-state index in [0.29, 0.717) is 0 Å². The van der Waals surface area contributed by atoms with Crippen LogP contribution in [0.2, 0.25) is 5.04 Å². The van der Waals surface area contributed by atoms with E-state index < -0.39 is 8.07 Å². The van der Waals surface area contributed by atoms with Crippen molar-refractivity contribution in [2.45, 2.75) is 65.3 Å². The molecule has 2 aromatic rings. The van der Waals surface area contributed by atoms with Crippen molar-refractivity contribution >= 4 is 18.4 Å². The van der Waals surface area contributed by atoms with Crippen LogP contribution in [0.15, 0.2) is 71.9 Å². The maximum absolute atomic E-state index is 2.58. The van der Waals surface area contributed by atoms with Crippen LogP contribution in [0.4, 0.5) is 0 Å². The third-order valence-corrected chi connectivity index (χ3v) is 11.3. The third kappa shape index (κ3) is 3.98. The fourth-order valence-electron chi connectivity index (χ4n) is 4.29. The van der Waals surface area contributed by atoms with E-state index in [2.05, 4.69) is 101 Å². The smallest absolute Gasteiger partial charge is 0.0885 e. The number of allylic oxidation sites excluding steroid dienone is 2. The van der Waals surface area contributed by atoms with Crippen molar-refractivity contribution in [2.24, 2.45) is 0 Å². The lowest BCUT2D eigenvalue weighted by molar-refractivity contribution is 0.728. The maximum atomic E-state index is 2.58. The van der Waals surface area contributed by atoms with Crippen LogP contribution >= 0.6 is 0 Å². The van der Waals surface area contributed by atoms with Crippen LogP contribution in [0.3, 0.4) is 0 Å². The summed E-state index contributed by atoms with van der Waals surface area (Å²) in [5, 5.41) is 5.01. The van der Waals surface area contributed by atoms with Gasteiger partial charge in [-0.1, -0.05) is 119 Å². The predicted octanol–water partition coefficient (Wildman–Crippen LogP) is 6.12. The van der Waals surface area contributed by atoms with Gasteiger partial charge in [0.15, 0.2) is 0 Å². The van der Waals surface area contributed by atoms with Gasteiger partial charge in [0.05, 0.1) is 0 Å². The summed E-state index contributed by atoms with van der Waals surface area (Å²) in [5.74, 6) is 0. The van der Waals surface area contributed by atoms with E-state index in [1.807, 2.05) is 0 Å². The summed E-state index contributed by atoms with van der Waals surface area (Å²) in [5.41, 5.74) is 0. The standard InChI is InChI=1S/C24H34Si/c1-6-8-16-21(15-7-2)25(24(3,4)5,22-17-11-9-12-18-22)23-19-13-10-14-20-23/h9-14,16-20H,6-8,15H2,1-5H3/b21-16+. The molecule has 0 amide bonds. The molecule has 0 saturated carbocycles. The molecular formula is C24H34Si. The fourth-order valence-corrected chi connectivity index (χ4v) is 10.5. The molecule has 0 fully saturated rings. The number of benzene rings is 2. The molecule has 0 unspecified atom stereocenters. The first kappa shape index (κ1) is 19.7. The summed E-state index contributed by atoms with van der Waals surface area (Å²) in [6.45, 7) is 12.0. The second kappa shape index (κ2) is 8.67. The Morgan fingerprint density at radius 2 is 1.28 bits per heavy atom. The van der Waals surface area contributed by atoms with Gasteiger partial charge in [0, 0.05) is 0 Å². The molecule has 0 aliphatic rings. The van der Waals surface area contributed by atoms with E-state index in [1.165, 1.54) is 25.7 Å². The van der Waals surface area contributed by atoms with Gasteiger partial charge in [-0.3, -0.25) is 0 Å². The van der Waals surface area contributed by atoms with E-state index in [9.17, 15) is 0 Å². The first-order chi connectivity index (χ1) is 12.0. The lowest BCUT2D eigenvalue weighted by Gasteiger charge is -2.46. The van der Waals surface area contributed by atoms with Crippen molar-refractivity contribution in [3.05, 3.63) is 71.9 Å². The minimum Gasteiger partial charge on any atom is -0.0885 e. The summed E-state index contributed by atoms with van der Waals surface area (Å²) >= 11 is 0. The van der Waals surface area contributed by atoms with E-state index in [1.54, 1.807) is 15.6 Å². The maximum Gasteiger partial charge on any atom is 0.149 e. The normalized spacial score (nSPS) is 13.1. The van der Waals surface area contributed by atoms with Gasteiger partial charge >= 0.3 is 0 Å². The predicted molar refractivity (Wildman–Crippen MR) is 116 cm³/mol. The molecule has 0 nitrogen and oxygen atoms in total. The van der Waals surface area contributed by atoms with Crippen molar-refractivity contribution in [1.82, 2.24) is 0 Å². The molecule has 25 heavy (non-hydrogen) atoms. The van der Waals surface area contributed by atoms with Gasteiger partial charge < -0.3 is 0 Å². The molecule has 2 aromatic carbocycles. The molecule has 0 N–H and O–H groups in total. The Morgan fingerprint density at radius 1 is 0.800 bits per heavy atom. The third-order valence-electron chi connectivity index (χ3n) is 5.22. The number of hydrogen-bond acceptors (Lipinski definition) is 0. The average molecular weight is 351 g/mol. The Bertz CT molecular complexity index is 623. The zero-order valence-corrected chi connectivity index (χ0v) is 17.7. The molecule has 0 saturated heterocycles. The van der Waals surface area contributed by atoms with Crippen LogP contribution in [0.25, 0.3) is 0 Å². The molecule has 0 radical (unpaired) electrons. The Balaban J connectivity index is 2.85. The highest BCUT2D eigenvalue weighted by atomic mass is 28.3. The van der Waals surface area contributed by atoms with Crippen LogP contribution in [0.1, 0.15) is 60.3 Å². The quantitative estimate of drug-likeness (QED) is 0.528. The molecule has 0 aliphatic carbocycles.